The van der Waals surface area contributed by atoms with Crippen LogP contribution in [0.15, 0.2) is 23.1 Å². The van der Waals surface area contributed by atoms with Crippen LogP contribution >= 0.6 is 0 Å². The molecule has 2 N–H and O–H groups in total. The summed E-state index contributed by atoms with van der Waals surface area (Å²) < 4.78 is 25.8. The van der Waals surface area contributed by atoms with Gasteiger partial charge in [0.05, 0.1) is 0 Å². The Morgan fingerprint density at radius 2 is 1.71 bits per heavy atom. The molecular formula is C11H15NO4S. The Morgan fingerprint density at radius 1 is 1.06 bits per heavy atom. The van der Waals surface area contributed by atoms with E-state index in [0.29, 0.717) is 13.1 Å². The van der Waals surface area contributed by atoms with E-state index in [0.717, 1.165) is 19.3 Å². The summed E-state index contributed by atoms with van der Waals surface area (Å²) in [6.07, 6.45) is 2.69. The van der Waals surface area contributed by atoms with Gasteiger partial charge in [0.15, 0.2) is 11.5 Å². The third-order valence-electron chi connectivity index (χ3n) is 2.91. The van der Waals surface area contributed by atoms with Gasteiger partial charge in [-0.2, -0.15) is 4.31 Å². The molecule has 1 aliphatic rings. The molecule has 6 heteroatoms. The number of para-hydroxylation sites is 1. The molecule has 1 saturated heterocycles. The van der Waals surface area contributed by atoms with Crippen LogP contribution in [-0.2, 0) is 10.0 Å². The molecular weight excluding hydrogens is 242 g/mol. The molecule has 0 aliphatic carbocycles. The van der Waals surface area contributed by atoms with Gasteiger partial charge < -0.3 is 10.2 Å². The predicted octanol–water partition coefficient (Wildman–Crippen LogP) is 1.27. The second kappa shape index (κ2) is 4.54. The summed E-state index contributed by atoms with van der Waals surface area (Å²) in [5, 5.41) is 18.9. The summed E-state index contributed by atoms with van der Waals surface area (Å²) in [6.45, 7) is 0.939. The Kier molecular flexibility index (Phi) is 3.26. The number of nitrogens with zero attached hydrogens (tertiary/aromatic N) is 1. The van der Waals surface area contributed by atoms with Crippen LogP contribution in [-0.4, -0.2) is 36.0 Å². The van der Waals surface area contributed by atoms with Crippen molar-refractivity contribution in [2.45, 2.75) is 24.2 Å². The van der Waals surface area contributed by atoms with Crippen LogP contribution in [0.2, 0.25) is 0 Å². The first kappa shape index (κ1) is 12.2. The molecule has 0 radical (unpaired) electrons. The minimum absolute atomic E-state index is 0.223. The van der Waals surface area contributed by atoms with Crippen LogP contribution in [0, 0.1) is 0 Å². The highest BCUT2D eigenvalue weighted by molar-refractivity contribution is 7.89. The van der Waals surface area contributed by atoms with Gasteiger partial charge in [-0.05, 0) is 25.0 Å². The van der Waals surface area contributed by atoms with Crippen molar-refractivity contribution in [3.05, 3.63) is 18.2 Å². The average Bonchev–Trinajstić information content (AvgIpc) is 2.33. The number of benzene rings is 1. The van der Waals surface area contributed by atoms with Crippen molar-refractivity contribution in [1.29, 1.82) is 0 Å². The highest BCUT2D eigenvalue weighted by Gasteiger charge is 2.29. The number of aromatic hydroxyl groups is 2. The Balaban J connectivity index is 2.40. The summed E-state index contributed by atoms with van der Waals surface area (Å²) in [5.74, 6) is -0.985. The molecule has 0 saturated carbocycles. The van der Waals surface area contributed by atoms with Crippen molar-refractivity contribution < 1.29 is 18.6 Å². The lowest BCUT2D eigenvalue weighted by Gasteiger charge is -2.26. The van der Waals surface area contributed by atoms with Crippen LogP contribution in [0.3, 0.4) is 0 Å². The highest BCUT2D eigenvalue weighted by Crippen LogP contribution is 2.34. The Labute approximate surface area is 100 Å². The van der Waals surface area contributed by atoms with Crippen LogP contribution < -0.4 is 0 Å². The predicted molar refractivity (Wildman–Crippen MR) is 62.4 cm³/mol. The summed E-state index contributed by atoms with van der Waals surface area (Å²) in [7, 11) is -3.69. The van der Waals surface area contributed by atoms with E-state index in [1.165, 1.54) is 22.5 Å². The zero-order valence-corrected chi connectivity index (χ0v) is 10.2. The first-order valence-electron chi connectivity index (χ1n) is 5.54. The molecule has 1 aromatic rings. The largest absolute Gasteiger partial charge is 0.504 e. The molecule has 1 heterocycles. The van der Waals surface area contributed by atoms with Gasteiger partial charge in [0, 0.05) is 13.1 Å². The fourth-order valence-corrected chi connectivity index (χ4v) is 3.58. The van der Waals surface area contributed by atoms with Crippen LogP contribution in [0.4, 0.5) is 0 Å². The molecule has 2 rings (SSSR count). The molecule has 1 aliphatic heterocycles. The van der Waals surface area contributed by atoms with Crippen molar-refractivity contribution in [1.82, 2.24) is 4.31 Å². The standard InChI is InChI=1S/C11H15NO4S/c13-9-5-4-6-10(11(9)14)17(15,16)12-7-2-1-3-8-12/h4-6,13-14H,1-3,7-8H2. The second-order valence-corrected chi connectivity index (χ2v) is 5.99. The van der Waals surface area contributed by atoms with Gasteiger partial charge in [0.25, 0.3) is 0 Å². The van der Waals surface area contributed by atoms with Crippen molar-refractivity contribution in [3.63, 3.8) is 0 Å². The number of phenolic OH excluding ortho intramolecular Hbond substituents is 2. The van der Waals surface area contributed by atoms with Crippen LogP contribution in [0.5, 0.6) is 11.5 Å². The number of piperidine rings is 1. The number of sulfonamides is 1. The minimum atomic E-state index is -3.69. The molecule has 94 valence electrons. The number of rotatable bonds is 2. The fourth-order valence-electron chi connectivity index (χ4n) is 1.96. The zero-order chi connectivity index (χ0) is 12.5. The van der Waals surface area contributed by atoms with Gasteiger partial charge in [0.2, 0.25) is 10.0 Å². The number of hydrogen-bond acceptors (Lipinski definition) is 4. The lowest BCUT2D eigenvalue weighted by molar-refractivity contribution is 0.342. The van der Waals surface area contributed by atoms with Gasteiger partial charge in [-0.1, -0.05) is 12.5 Å². The molecule has 17 heavy (non-hydrogen) atoms. The quantitative estimate of drug-likeness (QED) is 0.782. The topological polar surface area (TPSA) is 77.8 Å². The van der Waals surface area contributed by atoms with Crippen LogP contribution in [0.1, 0.15) is 19.3 Å². The highest BCUT2D eigenvalue weighted by atomic mass is 32.2. The van der Waals surface area contributed by atoms with E-state index in [1.54, 1.807) is 0 Å². The molecule has 1 aromatic carbocycles. The van der Waals surface area contributed by atoms with E-state index in [9.17, 15) is 18.6 Å². The molecule has 1 fully saturated rings. The first-order valence-corrected chi connectivity index (χ1v) is 6.98. The van der Waals surface area contributed by atoms with E-state index in [4.69, 9.17) is 0 Å². The lowest BCUT2D eigenvalue weighted by Crippen LogP contribution is -2.35. The lowest BCUT2D eigenvalue weighted by atomic mass is 10.2. The third-order valence-corrected chi connectivity index (χ3v) is 4.84. The van der Waals surface area contributed by atoms with Crippen molar-refractivity contribution in [2.75, 3.05) is 13.1 Å². The monoisotopic (exact) mass is 257 g/mol. The molecule has 0 aromatic heterocycles. The normalized spacial score (nSPS) is 18.1. The molecule has 0 spiro atoms. The second-order valence-electron chi connectivity index (χ2n) is 4.09. The SMILES string of the molecule is O=S(=O)(c1cccc(O)c1O)N1CCCCC1. The molecule has 0 unspecified atom stereocenters. The first-order chi connectivity index (χ1) is 8.03. The van der Waals surface area contributed by atoms with E-state index < -0.39 is 21.5 Å². The Bertz CT molecular complexity index is 506. The Morgan fingerprint density at radius 3 is 2.35 bits per heavy atom. The number of hydrogen-bond donors (Lipinski definition) is 2. The van der Waals surface area contributed by atoms with Gasteiger partial charge in [0.1, 0.15) is 4.90 Å². The minimum Gasteiger partial charge on any atom is -0.504 e. The maximum Gasteiger partial charge on any atom is 0.246 e. The maximum atomic E-state index is 12.2. The van der Waals surface area contributed by atoms with E-state index >= 15 is 0 Å². The summed E-state index contributed by atoms with van der Waals surface area (Å²) >= 11 is 0. The van der Waals surface area contributed by atoms with Gasteiger partial charge in [-0.25, -0.2) is 8.42 Å². The molecule has 5 nitrogen and oxygen atoms in total. The average molecular weight is 257 g/mol. The summed E-state index contributed by atoms with van der Waals surface area (Å²) in [6, 6.07) is 3.97. The molecule has 0 atom stereocenters. The van der Waals surface area contributed by atoms with Crippen molar-refractivity contribution in [3.8, 4) is 11.5 Å². The smallest absolute Gasteiger partial charge is 0.246 e. The van der Waals surface area contributed by atoms with Crippen molar-refractivity contribution >= 4 is 10.0 Å². The Hall–Kier alpha value is -1.27. The van der Waals surface area contributed by atoms with Gasteiger partial charge in [-0.3, -0.25) is 0 Å². The van der Waals surface area contributed by atoms with Crippen molar-refractivity contribution in [2.24, 2.45) is 0 Å². The zero-order valence-electron chi connectivity index (χ0n) is 9.33. The summed E-state index contributed by atoms with van der Waals surface area (Å²) in [4.78, 5) is -0.223. The van der Waals surface area contributed by atoms with Gasteiger partial charge >= 0.3 is 0 Å². The van der Waals surface area contributed by atoms with E-state index in [2.05, 4.69) is 0 Å². The molecule has 0 bridgehead atoms. The number of phenols is 2. The van der Waals surface area contributed by atoms with E-state index in [-0.39, 0.29) is 4.90 Å². The summed E-state index contributed by atoms with van der Waals surface area (Å²) in [5.41, 5.74) is 0. The molecule has 0 amide bonds. The van der Waals surface area contributed by atoms with Gasteiger partial charge in [-0.15, -0.1) is 0 Å². The van der Waals surface area contributed by atoms with E-state index in [1.807, 2.05) is 0 Å². The van der Waals surface area contributed by atoms with Crippen LogP contribution in [0.25, 0.3) is 0 Å². The fraction of sp³-hybridized carbons (Fsp3) is 0.455. The third kappa shape index (κ3) is 2.23. The maximum absolute atomic E-state index is 12.2.